The first-order chi connectivity index (χ1) is 31.0. The van der Waals surface area contributed by atoms with Crippen molar-refractivity contribution in [3.8, 4) is 67.5 Å². The SMILES string of the molecule is Cc1cccc(C)c1-c1cc2c3c(cc4c(-c5c(C)cccc5C)cc5c6c(cc1c3c46)B1c3ccc(Br)cc3Oc3cc(Br)cc-5c31)B1c3ccc(Br)cc3Oc3cc(Br)cc-2c31. The summed E-state index contributed by atoms with van der Waals surface area (Å²) in [6.45, 7) is 8.99. The van der Waals surface area contributed by atoms with Crippen LogP contribution in [0, 0.1) is 27.7 Å². The lowest BCUT2D eigenvalue weighted by Gasteiger charge is -2.38. The molecule has 302 valence electrons. The van der Waals surface area contributed by atoms with Crippen molar-refractivity contribution in [1.29, 1.82) is 0 Å². The van der Waals surface area contributed by atoms with Crippen LogP contribution in [0.25, 0.3) is 76.8 Å². The molecule has 10 aromatic carbocycles. The minimum atomic E-state index is -0.0435. The fourth-order valence-electron chi connectivity index (χ4n) is 12.3. The van der Waals surface area contributed by atoms with Gasteiger partial charge < -0.3 is 9.47 Å². The number of rotatable bonds is 2. The van der Waals surface area contributed by atoms with Crippen molar-refractivity contribution in [3.63, 3.8) is 0 Å². The molecule has 0 atom stereocenters. The van der Waals surface area contributed by atoms with Gasteiger partial charge in [0.25, 0.3) is 13.4 Å². The van der Waals surface area contributed by atoms with Crippen molar-refractivity contribution in [2.75, 3.05) is 0 Å². The van der Waals surface area contributed by atoms with Crippen LogP contribution in [0.2, 0.25) is 0 Å². The fraction of sp³-hybridized carbons (Fsp3) is 0.0714. The van der Waals surface area contributed by atoms with Crippen LogP contribution in [0.3, 0.4) is 0 Å². The highest BCUT2D eigenvalue weighted by Gasteiger charge is 2.44. The Morgan fingerprint density at radius 3 is 1.14 bits per heavy atom. The Balaban J connectivity index is 1.27. The normalized spacial score (nSPS) is 13.5. The van der Waals surface area contributed by atoms with Gasteiger partial charge in [0.2, 0.25) is 0 Å². The first-order valence-corrected chi connectivity index (χ1v) is 24.8. The summed E-state index contributed by atoms with van der Waals surface area (Å²) in [5, 5.41) is 7.86. The Hall–Kier alpha value is -5.11. The minimum Gasteiger partial charge on any atom is -0.458 e. The van der Waals surface area contributed by atoms with Crippen LogP contribution in [0.5, 0.6) is 23.0 Å². The lowest BCUT2D eigenvalue weighted by molar-refractivity contribution is 0.486. The molecule has 10 aromatic rings. The molecule has 14 rings (SSSR count). The molecule has 64 heavy (non-hydrogen) atoms. The van der Waals surface area contributed by atoms with Crippen molar-refractivity contribution >= 4 is 142 Å². The van der Waals surface area contributed by atoms with E-state index >= 15 is 0 Å². The maximum absolute atomic E-state index is 6.90. The smallest absolute Gasteiger partial charge is 0.252 e. The Labute approximate surface area is 405 Å². The molecule has 2 nitrogen and oxygen atoms in total. The van der Waals surface area contributed by atoms with Crippen LogP contribution in [0.15, 0.2) is 139 Å². The highest BCUT2D eigenvalue weighted by atomic mass is 79.9. The molecule has 0 spiro atoms. The molecule has 0 saturated carbocycles. The van der Waals surface area contributed by atoms with E-state index in [0.717, 1.165) is 40.9 Å². The van der Waals surface area contributed by atoms with Gasteiger partial charge in [0.05, 0.1) is 0 Å². The van der Waals surface area contributed by atoms with Gasteiger partial charge in [-0.1, -0.05) is 135 Å². The number of aryl methyl sites for hydroxylation is 4. The average Bonchev–Trinajstić information content (AvgIpc) is 3.25. The Bertz CT molecular complexity index is 3570. The molecule has 0 N–H and O–H groups in total. The third-order valence-corrected chi connectivity index (χ3v) is 16.6. The van der Waals surface area contributed by atoms with E-state index in [1.165, 1.54) is 132 Å². The number of hydrogen-bond acceptors (Lipinski definition) is 2. The van der Waals surface area contributed by atoms with E-state index in [-0.39, 0.29) is 13.4 Å². The van der Waals surface area contributed by atoms with E-state index in [4.69, 9.17) is 9.47 Å². The van der Waals surface area contributed by atoms with Crippen molar-refractivity contribution in [3.05, 3.63) is 161 Å². The Morgan fingerprint density at radius 2 is 0.734 bits per heavy atom. The summed E-state index contributed by atoms with van der Waals surface area (Å²) in [4.78, 5) is 0. The number of ether oxygens (including phenoxy) is 2. The standard InChI is InChI=1S/C56H32B2Br4O2/c1-25-7-5-8-26(2)49(25)33-21-35-39-15-31(61)19-47-55(39)58(42-14-12-30(60)18-46(42)63-47)44-24-38-34(50-27(3)9-6-10-28(50)4)22-36-40-16-32(62)20-48-56(40)57(41-13-11-29(59)17-45(41)64-48)43-23-37(33)53(51(35)44)54(38)52(36)43/h5-24H,1-4H3. The monoisotopic (exact) mass is 1070 g/mol. The Kier molecular flexibility index (Phi) is 7.91. The molecule has 0 bridgehead atoms. The molecule has 0 amide bonds. The molecule has 0 aliphatic carbocycles. The Morgan fingerprint density at radius 1 is 0.344 bits per heavy atom. The summed E-state index contributed by atoms with van der Waals surface area (Å²) in [5.74, 6) is 3.57. The molecule has 0 aromatic heterocycles. The largest absolute Gasteiger partial charge is 0.458 e. The number of fused-ring (bicyclic) bond motifs is 8. The zero-order valence-electron chi connectivity index (χ0n) is 35.0. The minimum absolute atomic E-state index is 0.0435. The van der Waals surface area contributed by atoms with Crippen molar-refractivity contribution < 1.29 is 9.47 Å². The van der Waals surface area contributed by atoms with Gasteiger partial charge in [0.1, 0.15) is 23.0 Å². The second-order valence-corrected chi connectivity index (χ2v) is 21.8. The summed E-state index contributed by atoms with van der Waals surface area (Å²) < 4.78 is 17.8. The average molecular weight is 1080 g/mol. The van der Waals surface area contributed by atoms with Gasteiger partial charge in [-0.25, -0.2) is 0 Å². The second-order valence-electron chi connectivity index (χ2n) is 18.2. The lowest BCUT2D eigenvalue weighted by Crippen LogP contribution is -2.58. The molecule has 4 aliphatic rings. The molecule has 4 heterocycles. The van der Waals surface area contributed by atoms with E-state index in [9.17, 15) is 0 Å². The van der Waals surface area contributed by atoms with Gasteiger partial charge in [-0.05, 0) is 209 Å². The van der Waals surface area contributed by atoms with Crippen LogP contribution in [0.1, 0.15) is 22.3 Å². The van der Waals surface area contributed by atoms with E-state index in [1.54, 1.807) is 0 Å². The lowest BCUT2D eigenvalue weighted by atomic mass is 9.32. The molecule has 8 heteroatoms. The van der Waals surface area contributed by atoms with Gasteiger partial charge in [0, 0.05) is 17.9 Å². The summed E-state index contributed by atoms with van der Waals surface area (Å²) in [7, 11) is 0. The number of hydrogen-bond donors (Lipinski definition) is 0. The van der Waals surface area contributed by atoms with Gasteiger partial charge in [-0.3, -0.25) is 0 Å². The fourth-order valence-corrected chi connectivity index (χ4v) is 13.9. The quantitative estimate of drug-likeness (QED) is 0.127. The van der Waals surface area contributed by atoms with Gasteiger partial charge >= 0.3 is 0 Å². The molecule has 0 unspecified atom stereocenters. The third-order valence-electron chi connectivity index (χ3n) is 14.7. The van der Waals surface area contributed by atoms with Crippen LogP contribution >= 0.6 is 63.7 Å². The highest BCUT2D eigenvalue weighted by molar-refractivity contribution is 9.11. The molecular weight excluding hydrogens is 1050 g/mol. The zero-order chi connectivity index (χ0) is 43.2. The molecule has 4 aliphatic heterocycles. The zero-order valence-corrected chi connectivity index (χ0v) is 41.4. The summed E-state index contributed by atoms with van der Waals surface area (Å²) in [5.41, 5.74) is 22.5. The summed E-state index contributed by atoms with van der Waals surface area (Å²) in [6.07, 6.45) is 0. The maximum atomic E-state index is 6.90. The molecule has 0 fully saturated rings. The third kappa shape index (κ3) is 4.98. The van der Waals surface area contributed by atoms with E-state index in [1.807, 2.05) is 0 Å². The van der Waals surface area contributed by atoms with Gasteiger partial charge in [-0.15, -0.1) is 0 Å². The number of benzene rings is 10. The second kappa shape index (κ2) is 13.3. The molecular formula is C56H32B2Br4O2. The predicted molar refractivity (Wildman–Crippen MR) is 284 cm³/mol. The maximum Gasteiger partial charge on any atom is 0.252 e. The van der Waals surface area contributed by atoms with E-state index in [2.05, 4.69) is 213 Å². The van der Waals surface area contributed by atoms with E-state index in [0.29, 0.717) is 0 Å². The first kappa shape index (κ1) is 38.2. The topological polar surface area (TPSA) is 18.5 Å². The van der Waals surface area contributed by atoms with Gasteiger partial charge in [-0.2, -0.15) is 0 Å². The molecule has 0 saturated heterocycles. The van der Waals surface area contributed by atoms with Crippen LogP contribution in [0.4, 0.5) is 0 Å². The van der Waals surface area contributed by atoms with Crippen molar-refractivity contribution in [1.82, 2.24) is 0 Å². The summed E-state index contributed by atoms with van der Waals surface area (Å²) in [6, 6.07) is 45.8. The van der Waals surface area contributed by atoms with Crippen LogP contribution < -0.4 is 42.3 Å². The molecule has 0 radical (unpaired) electrons. The summed E-state index contributed by atoms with van der Waals surface area (Å²) >= 11 is 15.5. The van der Waals surface area contributed by atoms with Crippen LogP contribution in [-0.4, -0.2) is 13.4 Å². The van der Waals surface area contributed by atoms with E-state index < -0.39 is 0 Å². The predicted octanol–water partition coefficient (Wildman–Crippen LogP) is 13.4. The highest BCUT2D eigenvalue weighted by Crippen LogP contribution is 2.52. The van der Waals surface area contributed by atoms with Crippen molar-refractivity contribution in [2.24, 2.45) is 0 Å². The van der Waals surface area contributed by atoms with Gasteiger partial charge in [0.15, 0.2) is 0 Å². The van der Waals surface area contributed by atoms with Crippen molar-refractivity contribution in [2.45, 2.75) is 27.7 Å². The number of halogens is 4. The first-order valence-electron chi connectivity index (χ1n) is 21.6. The van der Waals surface area contributed by atoms with Crippen LogP contribution in [-0.2, 0) is 0 Å².